The number of aromatic nitrogens is 2. The Morgan fingerprint density at radius 1 is 1.38 bits per heavy atom. The summed E-state index contributed by atoms with van der Waals surface area (Å²) >= 11 is 0. The third kappa shape index (κ3) is 5.56. The highest BCUT2D eigenvalue weighted by Crippen LogP contribution is 2.23. The monoisotopic (exact) mass is 400 g/mol. The SMILES string of the molecule is COC[C@@H](C)n1c(C)cc(/C=C(\C#N)C(=O)OCC(=O)Nc2cc(C)on2)c1C. The summed E-state index contributed by atoms with van der Waals surface area (Å²) in [7, 11) is 1.63. The first-order chi connectivity index (χ1) is 13.8. The van der Waals surface area contributed by atoms with Gasteiger partial charge in [-0.15, -0.1) is 0 Å². The van der Waals surface area contributed by atoms with Gasteiger partial charge in [-0.3, -0.25) is 4.79 Å². The maximum atomic E-state index is 12.2. The zero-order chi connectivity index (χ0) is 21.6. The molecule has 1 atom stereocenters. The quantitative estimate of drug-likeness (QED) is 0.411. The first kappa shape index (κ1) is 21.9. The Morgan fingerprint density at radius 3 is 2.69 bits per heavy atom. The van der Waals surface area contributed by atoms with Crippen LogP contribution in [0.4, 0.5) is 5.82 Å². The van der Waals surface area contributed by atoms with Gasteiger partial charge in [0.05, 0.1) is 12.6 Å². The van der Waals surface area contributed by atoms with Crippen molar-refractivity contribution < 1.29 is 23.6 Å². The van der Waals surface area contributed by atoms with Crippen LogP contribution in [-0.4, -0.2) is 41.9 Å². The molecule has 0 spiro atoms. The fraction of sp³-hybridized carbons (Fsp3) is 0.400. The lowest BCUT2D eigenvalue weighted by Crippen LogP contribution is -2.21. The molecule has 154 valence electrons. The van der Waals surface area contributed by atoms with Crippen LogP contribution in [0, 0.1) is 32.1 Å². The van der Waals surface area contributed by atoms with Crippen molar-refractivity contribution >= 4 is 23.8 Å². The molecule has 2 rings (SSSR count). The Morgan fingerprint density at radius 2 is 2.10 bits per heavy atom. The molecule has 2 heterocycles. The highest BCUT2D eigenvalue weighted by molar-refractivity contribution is 6.00. The Hall–Kier alpha value is -3.38. The second kappa shape index (κ2) is 9.71. The van der Waals surface area contributed by atoms with Gasteiger partial charge in [-0.25, -0.2) is 4.79 Å². The summed E-state index contributed by atoms with van der Waals surface area (Å²) in [6.07, 6.45) is 1.46. The number of anilines is 1. The summed E-state index contributed by atoms with van der Waals surface area (Å²) in [6, 6.07) is 5.34. The molecule has 0 aromatic carbocycles. The molecule has 1 N–H and O–H groups in total. The molecule has 2 aromatic rings. The maximum Gasteiger partial charge on any atom is 0.349 e. The van der Waals surface area contributed by atoms with Gasteiger partial charge in [-0.1, -0.05) is 5.16 Å². The molecule has 0 aliphatic rings. The van der Waals surface area contributed by atoms with Crippen LogP contribution in [0.3, 0.4) is 0 Å². The second-order valence-corrected chi connectivity index (χ2v) is 6.62. The topological polar surface area (TPSA) is 119 Å². The average molecular weight is 400 g/mol. The Bertz CT molecular complexity index is 964. The highest BCUT2D eigenvalue weighted by Gasteiger charge is 2.17. The van der Waals surface area contributed by atoms with Gasteiger partial charge in [0.25, 0.3) is 5.91 Å². The van der Waals surface area contributed by atoms with Crippen LogP contribution in [0.1, 0.15) is 35.7 Å². The number of amides is 1. The molecule has 29 heavy (non-hydrogen) atoms. The van der Waals surface area contributed by atoms with Gasteiger partial charge < -0.3 is 23.9 Å². The number of hydrogen-bond acceptors (Lipinski definition) is 7. The molecule has 0 bridgehead atoms. The van der Waals surface area contributed by atoms with Crippen LogP contribution in [-0.2, 0) is 19.1 Å². The lowest BCUT2D eigenvalue weighted by molar-refractivity contribution is -0.142. The van der Waals surface area contributed by atoms with E-state index < -0.39 is 18.5 Å². The minimum absolute atomic E-state index is 0.100. The highest BCUT2D eigenvalue weighted by atomic mass is 16.5. The van der Waals surface area contributed by atoms with E-state index in [1.165, 1.54) is 12.1 Å². The molecule has 9 nitrogen and oxygen atoms in total. The van der Waals surface area contributed by atoms with Crippen LogP contribution in [0.2, 0.25) is 0 Å². The van der Waals surface area contributed by atoms with E-state index in [9.17, 15) is 14.9 Å². The lowest BCUT2D eigenvalue weighted by Gasteiger charge is -2.17. The van der Waals surface area contributed by atoms with Crippen LogP contribution >= 0.6 is 0 Å². The Balaban J connectivity index is 2.07. The molecule has 0 fully saturated rings. The van der Waals surface area contributed by atoms with Crippen molar-refractivity contribution in [2.45, 2.75) is 33.7 Å². The standard InChI is InChI=1S/C20H24N4O5/c1-12-6-16(15(4)24(12)13(2)10-27-5)8-17(9-21)20(26)28-11-19(25)22-18-7-14(3)29-23-18/h6-8,13H,10-11H2,1-5H3,(H,22,23,25)/b17-8+/t13-/m1/s1. The van der Waals surface area contributed by atoms with E-state index in [4.69, 9.17) is 14.0 Å². The normalized spacial score (nSPS) is 12.3. The predicted octanol–water partition coefficient (Wildman–Crippen LogP) is 2.70. The summed E-state index contributed by atoms with van der Waals surface area (Å²) in [5.41, 5.74) is 2.40. The average Bonchev–Trinajstić information content (AvgIpc) is 3.19. The first-order valence-corrected chi connectivity index (χ1v) is 8.96. The number of aryl methyl sites for hydroxylation is 2. The first-order valence-electron chi connectivity index (χ1n) is 8.96. The molecular formula is C20H24N4O5. The van der Waals surface area contributed by atoms with E-state index in [0.717, 1.165) is 17.0 Å². The van der Waals surface area contributed by atoms with Gasteiger partial charge in [-0.05, 0) is 45.4 Å². The lowest BCUT2D eigenvalue weighted by atomic mass is 10.1. The summed E-state index contributed by atoms with van der Waals surface area (Å²) < 4.78 is 17.1. The van der Waals surface area contributed by atoms with Crippen LogP contribution in [0.15, 0.2) is 22.2 Å². The van der Waals surface area contributed by atoms with Gasteiger partial charge in [0.2, 0.25) is 0 Å². The summed E-state index contributed by atoms with van der Waals surface area (Å²) in [5.74, 6) is -0.717. The number of methoxy groups -OCH3 is 1. The third-order valence-corrected chi connectivity index (χ3v) is 4.24. The number of nitrogens with zero attached hydrogens (tertiary/aromatic N) is 3. The van der Waals surface area contributed by atoms with E-state index in [2.05, 4.69) is 15.0 Å². The summed E-state index contributed by atoms with van der Waals surface area (Å²) in [6.45, 7) is 7.53. The number of hydrogen-bond donors (Lipinski definition) is 1. The van der Waals surface area contributed by atoms with E-state index in [-0.39, 0.29) is 17.4 Å². The van der Waals surface area contributed by atoms with Crippen molar-refractivity contribution in [1.29, 1.82) is 5.26 Å². The van der Waals surface area contributed by atoms with Gasteiger partial charge in [0.1, 0.15) is 17.4 Å². The van der Waals surface area contributed by atoms with Gasteiger partial charge in [0.15, 0.2) is 12.4 Å². The smallest absolute Gasteiger partial charge is 0.349 e. The fourth-order valence-electron chi connectivity index (χ4n) is 3.05. The molecule has 0 saturated heterocycles. The third-order valence-electron chi connectivity index (χ3n) is 4.24. The number of rotatable bonds is 8. The van der Waals surface area contributed by atoms with Crippen LogP contribution in [0.5, 0.6) is 0 Å². The molecule has 0 aliphatic carbocycles. The number of nitriles is 1. The summed E-state index contributed by atoms with van der Waals surface area (Å²) in [5, 5.41) is 15.4. The number of esters is 1. The number of nitrogens with one attached hydrogen (secondary N) is 1. The van der Waals surface area contributed by atoms with Crippen LogP contribution < -0.4 is 5.32 Å². The predicted molar refractivity (Wildman–Crippen MR) is 105 cm³/mol. The zero-order valence-corrected chi connectivity index (χ0v) is 17.1. The molecule has 0 radical (unpaired) electrons. The molecule has 0 unspecified atom stereocenters. The molecule has 0 saturated carbocycles. The molecule has 2 aromatic heterocycles. The fourth-order valence-corrected chi connectivity index (χ4v) is 3.05. The minimum Gasteiger partial charge on any atom is -0.451 e. The van der Waals surface area contributed by atoms with Gasteiger partial charge >= 0.3 is 5.97 Å². The van der Waals surface area contributed by atoms with E-state index in [1.807, 2.05) is 32.9 Å². The van der Waals surface area contributed by atoms with Crippen LogP contribution in [0.25, 0.3) is 6.08 Å². The Labute approximate surface area is 168 Å². The maximum absolute atomic E-state index is 12.2. The molecular weight excluding hydrogens is 376 g/mol. The van der Waals surface area contributed by atoms with Crippen molar-refractivity contribution in [1.82, 2.24) is 9.72 Å². The largest absolute Gasteiger partial charge is 0.451 e. The van der Waals surface area contributed by atoms with Crippen molar-refractivity contribution in [2.24, 2.45) is 0 Å². The Kier molecular flexibility index (Phi) is 7.33. The van der Waals surface area contributed by atoms with E-state index in [0.29, 0.717) is 12.4 Å². The molecule has 1 amide bonds. The van der Waals surface area contributed by atoms with E-state index >= 15 is 0 Å². The van der Waals surface area contributed by atoms with Crippen molar-refractivity contribution in [3.05, 3.63) is 40.4 Å². The van der Waals surface area contributed by atoms with Gasteiger partial charge in [0, 0.05) is 24.6 Å². The minimum atomic E-state index is -0.881. The molecule has 0 aliphatic heterocycles. The summed E-state index contributed by atoms with van der Waals surface area (Å²) in [4.78, 5) is 24.1. The zero-order valence-electron chi connectivity index (χ0n) is 17.1. The van der Waals surface area contributed by atoms with E-state index in [1.54, 1.807) is 14.0 Å². The van der Waals surface area contributed by atoms with Crippen molar-refractivity contribution in [3.63, 3.8) is 0 Å². The number of carbonyl (C=O) groups is 2. The second-order valence-electron chi connectivity index (χ2n) is 6.62. The van der Waals surface area contributed by atoms with Gasteiger partial charge in [-0.2, -0.15) is 5.26 Å². The number of ether oxygens (including phenoxy) is 2. The van der Waals surface area contributed by atoms with Crippen molar-refractivity contribution in [3.8, 4) is 6.07 Å². The number of carbonyl (C=O) groups excluding carboxylic acids is 2. The molecule has 9 heteroatoms. The van der Waals surface area contributed by atoms with Crippen molar-refractivity contribution in [2.75, 3.05) is 25.6 Å².